The Morgan fingerprint density at radius 1 is 1.44 bits per heavy atom. The molecule has 104 valence electrons. The molecule has 2 heterocycles. The smallest absolute Gasteiger partial charge is 0.246 e. The van der Waals surface area contributed by atoms with Crippen LogP contribution < -0.4 is 5.73 Å². The van der Waals surface area contributed by atoms with Crippen molar-refractivity contribution in [2.24, 2.45) is 5.73 Å². The zero-order valence-electron chi connectivity index (χ0n) is 10.5. The van der Waals surface area contributed by atoms with Gasteiger partial charge in [0.15, 0.2) is 0 Å². The van der Waals surface area contributed by atoms with Crippen molar-refractivity contribution < 1.29 is 8.42 Å². The van der Waals surface area contributed by atoms with Crippen LogP contribution in [0.5, 0.6) is 0 Å². The number of piperidine rings is 1. The van der Waals surface area contributed by atoms with Gasteiger partial charge < -0.3 is 5.73 Å². The van der Waals surface area contributed by atoms with Crippen molar-refractivity contribution in [3.05, 3.63) is 11.4 Å². The molecule has 3 N–H and O–H groups in total. The molecule has 18 heavy (non-hydrogen) atoms. The van der Waals surface area contributed by atoms with Gasteiger partial charge in [0.05, 0.1) is 11.4 Å². The van der Waals surface area contributed by atoms with Gasteiger partial charge in [0.2, 0.25) is 10.0 Å². The molecule has 1 saturated heterocycles. The van der Waals surface area contributed by atoms with E-state index in [4.69, 9.17) is 5.73 Å². The van der Waals surface area contributed by atoms with Gasteiger partial charge in [0.1, 0.15) is 4.90 Å². The standard InChI is InChI=1S/C10H18N4O2S.ClH/c1-7-10(8(2)13-12-7)17(15,16)14-5-3-4-9(11)6-14;/h9H,3-6,11H2,1-2H3,(H,12,13);1H. The molecule has 0 aromatic carbocycles. The predicted molar refractivity (Wildman–Crippen MR) is 71.3 cm³/mol. The van der Waals surface area contributed by atoms with Crippen LogP contribution in [0.15, 0.2) is 4.90 Å². The van der Waals surface area contributed by atoms with Gasteiger partial charge in [-0.2, -0.15) is 9.40 Å². The maximum atomic E-state index is 12.4. The second-order valence-corrected chi connectivity index (χ2v) is 6.40. The van der Waals surface area contributed by atoms with E-state index in [2.05, 4.69) is 10.2 Å². The summed E-state index contributed by atoms with van der Waals surface area (Å²) in [6.45, 7) is 4.35. The summed E-state index contributed by atoms with van der Waals surface area (Å²) in [6.07, 6.45) is 1.70. The Labute approximate surface area is 113 Å². The van der Waals surface area contributed by atoms with Crippen LogP contribution in [0.3, 0.4) is 0 Å². The first-order chi connectivity index (χ1) is 7.93. The second kappa shape index (κ2) is 5.56. The average Bonchev–Trinajstić information content (AvgIpc) is 2.59. The van der Waals surface area contributed by atoms with Crippen molar-refractivity contribution in [1.29, 1.82) is 0 Å². The SMILES string of the molecule is Cc1n[nH]c(C)c1S(=O)(=O)N1CCCC(N)C1.Cl. The van der Waals surface area contributed by atoms with Gasteiger partial charge >= 0.3 is 0 Å². The van der Waals surface area contributed by atoms with Crippen molar-refractivity contribution in [2.45, 2.75) is 37.6 Å². The normalized spacial score (nSPS) is 21.6. The Bertz CT molecular complexity index is 494. The Morgan fingerprint density at radius 3 is 2.61 bits per heavy atom. The fourth-order valence-corrected chi connectivity index (χ4v) is 4.11. The molecule has 0 amide bonds. The highest BCUT2D eigenvalue weighted by molar-refractivity contribution is 7.89. The van der Waals surface area contributed by atoms with Gasteiger partial charge in [0, 0.05) is 19.1 Å². The van der Waals surface area contributed by atoms with Crippen molar-refractivity contribution >= 4 is 22.4 Å². The van der Waals surface area contributed by atoms with E-state index in [-0.39, 0.29) is 18.4 Å². The third-order valence-corrected chi connectivity index (χ3v) is 5.21. The summed E-state index contributed by atoms with van der Waals surface area (Å²) in [5.74, 6) is 0. The highest BCUT2D eigenvalue weighted by atomic mass is 35.5. The number of hydrogen-bond acceptors (Lipinski definition) is 4. The third kappa shape index (κ3) is 2.69. The molecule has 8 heteroatoms. The van der Waals surface area contributed by atoms with Crippen LogP contribution in [-0.2, 0) is 10.0 Å². The molecule has 1 aromatic rings. The van der Waals surface area contributed by atoms with E-state index in [9.17, 15) is 8.42 Å². The summed E-state index contributed by atoms with van der Waals surface area (Å²) in [5, 5.41) is 6.64. The molecule has 0 saturated carbocycles. The molecule has 0 aliphatic carbocycles. The highest BCUT2D eigenvalue weighted by Gasteiger charge is 2.32. The van der Waals surface area contributed by atoms with Crippen LogP contribution in [0, 0.1) is 13.8 Å². The molecular weight excluding hydrogens is 276 g/mol. The Morgan fingerprint density at radius 2 is 2.11 bits per heavy atom. The molecule has 0 radical (unpaired) electrons. The van der Waals surface area contributed by atoms with Gasteiger partial charge in [-0.3, -0.25) is 5.10 Å². The summed E-state index contributed by atoms with van der Waals surface area (Å²) in [7, 11) is -3.45. The number of halogens is 1. The van der Waals surface area contributed by atoms with Crippen molar-refractivity contribution in [3.63, 3.8) is 0 Å². The van der Waals surface area contributed by atoms with Crippen LogP contribution in [0.25, 0.3) is 0 Å². The Kier molecular flexibility index (Phi) is 4.77. The zero-order valence-corrected chi connectivity index (χ0v) is 12.1. The predicted octanol–water partition coefficient (Wildman–Crippen LogP) is 0.560. The number of nitrogens with two attached hydrogens (primary N) is 1. The molecule has 0 bridgehead atoms. The minimum Gasteiger partial charge on any atom is -0.327 e. The highest BCUT2D eigenvalue weighted by Crippen LogP contribution is 2.24. The molecule has 1 aromatic heterocycles. The topological polar surface area (TPSA) is 92.1 Å². The fraction of sp³-hybridized carbons (Fsp3) is 0.700. The Hall–Kier alpha value is -0.630. The van der Waals surface area contributed by atoms with E-state index >= 15 is 0 Å². The molecule has 1 aliphatic rings. The molecule has 2 rings (SSSR count). The van der Waals surface area contributed by atoms with Crippen molar-refractivity contribution in [2.75, 3.05) is 13.1 Å². The monoisotopic (exact) mass is 294 g/mol. The summed E-state index contributed by atoms with van der Waals surface area (Å²) in [6, 6.07) is -0.0639. The first-order valence-corrected chi connectivity index (χ1v) is 7.14. The quantitative estimate of drug-likeness (QED) is 0.833. The van der Waals surface area contributed by atoms with Gasteiger partial charge in [-0.05, 0) is 26.7 Å². The third-order valence-electron chi connectivity index (χ3n) is 3.08. The summed E-state index contributed by atoms with van der Waals surface area (Å²) < 4.78 is 26.4. The first-order valence-electron chi connectivity index (χ1n) is 5.70. The fourth-order valence-electron chi connectivity index (χ4n) is 2.24. The minimum atomic E-state index is -3.45. The lowest BCUT2D eigenvalue weighted by Crippen LogP contribution is -2.45. The van der Waals surface area contributed by atoms with Gasteiger partial charge in [-0.25, -0.2) is 8.42 Å². The van der Waals surface area contributed by atoms with Crippen molar-refractivity contribution in [1.82, 2.24) is 14.5 Å². The van der Waals surface area contributed by atoms with Crippen LogP contribution >= 0.6 is 12.4 Å². The second-order valence-electron chi connectivity index (χ2n) is 4.53. The lowest BCUT2D eigenvalue weighted by atomic mass is 10.1. The van der Waals surface area contributed by atoms with E-state index in [1.165, 1.54) is 4.31 Å². The van der Waals surface area contributed by atoms with Crippen LogP contribution in [0.2, 0.25) is 0 Å². The van der Waals surface area contributed by atoms with E-state index in [1.807, 2.05) is 0 Å². The molecule has 0 spiro atoms. The lowest BCUT2D eigenvalue weighted by molar-refractivity contribution is 0.316. The number of hydrogen-bond donors (Lipinski definition) is 2. The maximum Gasteiger partial charge on any atom is 0.246 e. The van der Waals surface area contributed by atoms with E-state index in [0.717, 1.165) is 12.8 Å². The average molecular weight is 295 g/mol. The molecular formula is C10H19ClN4O2S. The molecule has 1 atom stereocenters. The lowest BCUT2D eigenvalue weighted by Gasteiger charge is -2.29. The number of sulfonamides is 1. The minimum absolute atomic E-state index is 0. The maximum absolute atomic E-state index is 12.4. The number of aromatic nitrogens is 2. The number of nitrogens with one attached hydrogen (secondary N) is 1. The number of aromatic amines is 1. The Balaban J connectivity index is 0.00000162. The van der Waals surface area contributed by atoms with Crippen LogP contribution in [-0.4, -0.2) is 42.1 Å². The van der Waals surface area contributed by atoms with E-state index < -0.39 is 10.0 Å². The molecule has 1 fully saturated rings. The summed E-state index contributed by atoms with van der Waals surface area (Å²) >= 11 is 0. The number of H-pyrrole nitrogens is 1. The van der Waals surface area contributed by atoms with Crippen molar-refractivity contribution in [3.8, 4) is 0 Å². The van der Waals surface area contributed by atoms with Gasteiger partial charge in [-0.15, -0.1) is 12.4 Å². The van der Waals surface area contributed by atoms with Gasteiger partial charge in [0.25, 0.3) is 0 Å². The van der Waals surface area contributed by atoms with E-state index in [1.54, 1.807) is 13.8 Å². The largest absolute Gasteiger partial charge is 0.327 e. The molecule has 6 nitrogen and oxygen atoms in total. The summed E-state index contributed by atoms with van der Waals surface area (Å²) in [5.41, 5.74) is 6.92. The van der Waals surface area contributed by atoms with Gasteiger partial charge in [-0.1, -0.05) is 0 Å². The van der Waals surface area contributed by atoms with E-state index in [0.29, 0.717) is 29.4 Å². The van der Waals surface area contributed by atoms with Crippen LogP contribution in [0.1, 0.15) is 24.2 Å². The number of rotatable bonds is 2. The number of nitrogens with zero attached hydrogens (tertiary/aromatic N) is 2. The van der Waals surface area contributed by atoms with Crippen LogP contribution in [0.4, 0.5) is 0 Å². The number of aryl methyl sites for hydroxylation is 2. The summed E-state index contributed by atoms with van der Waals surface area (Å²) in [4.78, 5) is 0.298. The molecule has 1 unspecified atom stereocenters. The first kappa shape index (κ1) is 15.4. The molecule has 1 aliphatic heterocycles. The zero-order chi connectivity index (χ0) is 12.6.